The average molecular weight is 547 g/mol. The molecule has 7 heteroatoms. The number of hydrogen-bond acceptors (Lipinski definition) is 5. The summed E-state index contributed by atoms with van der Waals surface area (Å²) >= 11 is 1.93. The molecule has 2 heterocycles. The third-order valence-electron chi connectivity index (χ3n) is 7.80. The van der Waals surface area contributed by atoms with E-state index in [1.807, 2.05) is 47.7 Å². The molecule has 0 spiro atoms. The van der Waals surface area contributed by atoms with Gasteiger partial charge in [0.25, 0.3) is 0 Å². The first-order valence-corrected chi connectivity index (χ1v) is 15.0. The number of likely N-dealkylation sites (tertiary alicyclic amines) is 1. The lowest BCUT2D eigenvalue weighted by Gasteiger charge is -2.37. The minimum absolute atomic E-state index is 0.0191. The zero-order valence-corrected chi connectivity index (χ0v) is 23.8. The maximum atomic E-state index is 13.3. The fourth-order valence-electron chi connectivity index (χ4n) is 5.92. The van der Waals surface area contributed by atoms with Gasteiger partial charge in [0, 0.05) is 36.3 Å². The SMILES string of the molecule is CC(=O)NCCNCCCc1ccc(CCCN2CC[C@@H](C(C(N)=O)(c3ccccc3)c3ccccc3)C2)s1. The molecule has 2 aromatic carbocycles. The first-order chi connectivity index (χ1) is 19.0. The Labute approximate surface area is 237 Å². The molecule has 3 aromatic rings. The summed E-state index contributed by atoms with van der Waals surface area (Å²) in [6.07, 6.45) is 5.32. The smallest absolute Gasteiger partial charge is 0.232 e. The molecule has 0 saturated carbocycles. The quantitative estimate of drug-likeness (QED) is 0.250. The Morgan fingerprint density at radius 1 is 0.897 bits per heavy atom. The highest BCUT2D eigenvalue weighted by Crippen LogP contribution is 2.43. The number of nitrogens with zero attached hydrogens (tertiary/aromatic N) is 1. The zero-order valence-electron chi connectivity index (χ0n) is 23.0. The summed E-state index contributed by atoms with van der Waals surface area (Å²) in [6.45, 7) is 6.88. The summed E-state index contributed by atoms with van der Waals surface area (Å²) in [5.74, 6) is -0.105. The molecule has 0 bridgehead atoms. The van der Waals surface area contributed by atoms with E-state index in [2.05, 4.69) is 51.9 Å². The van der Waals surface area contributed by atoms with Crippen molar-refractivity contribution in [2.24, 2.45) is 11.7 Å². The Morgan fingerprint density at radius 2 is 1.51 bits per heavy atom. The lowest BCUT2D eigenvalue weighted by molar-refractivity contribution is -0.124. The molecule has 39 heavy (non-hydrogen) atoms. The van der Waals surface area contributed by atoms with Crippen LogP contribution in [0.25, 0.3) is 0 Å². The second-order valence-corrected chi connectivity index (χ2v) is 11.8. The molecule has 6 nitrogen and oxygen atoms in total. The zero-order chi connectivity index (χ0) is 27.5. The average Bonchev–Trinajstić information content (AvgIpc) is 3.60. The highest BCUT2D eigenvalue weighted by atomic mass is 32.1. The molecule has 1 fully saturated rings. The van der Waals surface area contributed by atoms with Gasteiger partial charge in [-0.25, -0.2) is 0 Å². The van der Waals surface area contributed by atoms with Gasteiger partial charge < -0.3 is 21.3 Å². The Balaban J connectivity index is 1.27. The van der Waals surface area contributed by atoms with Gasteiger partial charge in [-0.3, -0.25) is 9.59 Å². The second-order valence-electron chi connectivity index (χ2n) is 10.5. The van der Waals surface area contributed by atoms with Crippen molar-refractivity contribution in [3.8, 4) is 0 Å². The van der Waals surface area contributed by atoms with Crippen LogP contribution in [-0.2, 0) is 27.8 Å². The highest BCUT2D eigenvalue weighted by Gasteiger charge is 2.49. The molecule has 208 valence electrons. The summed E-state index contributed by atoms with van der Waals surface area (Å²) in [7, 11) is 0. The van der Waals surface area contributed by atoms with Gasteiger partial charge in [-0.2, -0.15) is 0 Å². The molecule has 0 radical (unpaired) electrons. The van der Waals surface area contributed by atoms with Crippen molar-refractivity contribution in [2.75, 3.05) is 39.3 Å². The second kappa shape index (κ2) is 14.4. The van der Waals surface area contributed by atoms with Crippen LogP contribution in [-0.4, -0.2) is 56.0 Å². The molecule has 1 aliphatic heterocycles. The normalized spacial score (nSPS) is 15.9. The van der Waals surface area contributed by atoms with Crippen LogP contribution in [0.4, 0.5) is 0 Å². The number of nitrogens with one attached hydrogen (secondary N) is 2. The van der Waals surface area contributed by atoms with Crippen LogP contribution in [0, 0.1) is 5.92 Å². The fraction of sp³-hybridized carbons (Fsp3) is 0.438. The van der Waals surface area contributed by atoms with Gasteiger partial charge >= 0.3 is 0 Å². The monoisotopic (exact) mass is 546 g/mol. The van der Waals surface area contributed by atoms with Gasteiger partial charge in [0.1, 0.15) is 5.41 Å². The van der Waals surface area contributed by atoms with E-state index < -0.39 is 5.41 Å². The third kappa shape index (κ3) is 7.56. The predicted octanol–water partition coefficient (Wildman–Crippen LogP) is 4.13. The minimum Gasteiger partial charge on any atom is -0.369 e. The van der Waals surface area contributed by atoms with E-state index >= 15 is 0 Å². The van der Waals surface area contributed by atoms with Crippen LogP contribution in [0.3, 0.4) is 0 Å². The van der Waals surface area contributed by atoms with E-state index in [1.54, 1.807) is 6.92 Å². The topological polar surface area (TPSA) is 87.5 Å². The van der Waals surface area contributed by atoms with E-state index in [0.717, 1.165) is 76.0 Å². The van der Waals surface area contributed by atoms with Crippen molar-refractivity contribution in [3.63, 3.8) is 0 Å². The molecule has 0 aliphatic carbocycles. The molecule has 4 rings (SSSR count). The molecule has 2 amide bonds. The lowest BCUT2D eigenvalue weighted by Crippen LogP contribution is -2.49. The van der Waals surface area contributed by atoms with E-state index in [9.17, 15) is 9.59 Å². The fourth-order valence-corrected chi connectivity index (χ4v) is 7.02. The van der Waals surface area contributed by atoms with Crippen molar-refractivity contribution in [1.29, 1.82) is 0 Å². The number of benzene rings is 2. The van der Waals surface area contributed by atoms with Crippen LogP contribution in [0.2, 0.25) is 0 Å². The van der Waals surface area contributed by atoms with Crippen LogP contribution in [0.15, 0.2) is 72.8 Å². The van der Waals surface area contributed by atoms with Gasteiger partial charge in [0.05, 0.1) is 0 Å². The molecule has 1 atom stereocenters. The molecule has 1 saturated heterocycles. The maximum Gasteiger partial charge on any atom is 0.232 e. The van der Waals surface area contributed by atoms with Crippen molar-refractivity contribution in [3.05, 3.63) is 93.7 Å². The van der Waals surface area contributed by atoms with Crippen LogP contribution >= 0.6 is 11.3 Å². The van der Waals surface area contributed by atoms with Crippen molar-refractivity contribution < 1.29 is 9.59 Å². The summed E-state index contributed by atoms with van der Waals surface area (Å²) in [5, 5.41) is 6.18. The van der Waals surface area contributed by atoms with Crippen LogP contribution in [0.5, 0.6) is 0 Å². The van der Waals surface area contributed by atoms with Gasteiger partial charge in [-0.15, -0.1) is 11.3 Å². The number of hydrogen-bond donors (Lipinski definition) is 3. The van der Waals surface area contributed by atoms with Gasteiger partial charge in [-0.1, -0.05) is 60.7 Å². The highest BCUT2D eigenvalue weighted by molar-refractivity contribution is 7.11. The Hall–Kier alpha value is -3.00. The Morgan fingerprint density at radius 3 is 2.10 bits per heavy atom. The van der Waals surface area contributed by atoms with E-state index in [-0.39, 0.29) is 17.7 Å². The first kappa shape index (κ1) is 29.0. The number of amides is 2. The number of aryl methyl sites for hydroxylation is 2. The van der Waals surface area contributed by atoms with Crippen molar-refractivity contribution in [2.45, 2.75) is 44.4 Å². The number of primary amides is 1. The predicted molar refractivity (Wildman–Crippen MR) is 160 cm³/mol. The minimum atomic E-state index is -0.821. The number of nitrogens with two attached hydrogens (primary N) is 1. The molecule has 4 N–H and O–H groups in total. The van der Waals surface area contributed by atoms with E-state index in [0.29, 0.717) is 6.54 Å². The van der Waals surface area contributed by atoms with Gasteiger partial charge in [0.2, 0.25) is 11.8 Å². The lowest BCUT2D eigenvalue weighted by atomic mass is 9.64. The number of thiophene rings is 1. The number of carbonyl (C=O) groups is 2. The van der Waals surface area contributed by atoms with Gasteiger partial charge in [-0.05, 0) is 80.9 Å². The van der Waals surface area contributed by atoms with Crippen molar-refractivity contribution >= 4 is 23.2 Å². The molecule has 1 aromatic heterocycles. The largest absolute Gasteiger partial charge is 0.369 e. The van der Waals surface area contributed by atoms with Crippen molar-refractivity contribution in [1.82, 2.24) is 15.5 Å². The standard InChI is InChI=1S/C32H42N4O2S/c1-25(37)35-21-20-34-19-8-14-29-16-17-30(39-29)15-9-22-36-23-18-28(24-36)32(31(33)38,26-10-4-2-5-11-26)27-12-6-3-7-13-27/h2-7,10-13,16-17,28,34H,8-9,14-15,18-24H2,1H3,(H2,33,38)(H,35,37)/t28-/m1/s1. The number of carbonyl (C=O) groups excluding carboxylic acids is 2. The summed E-state index contributed by atoms with van der Waals surface area (Å²) in [4.78, 5) is 29.6. The summed E-state index contributed by atoms with van der Waals surface area (Å²) < 4.78 is 0. The third-order valence-corrected chi connectivity index (χ3v) is 9.00. The number of rotatable bonds is 15. The summed E-state index contributed by atoms with van der Waals surface area (Å²) in [5.41, 5.74) is 7.40. The molecule has 0 unspecified atom stereocenters. The maximum absolute atomic E-state index is 13.3. The van der Waals surface area contributed by atoms with Crippen LogP contribution < -0.4 is 16.4 Å². The molecular weight excluding hydrogens is 504 g/mol. The Bertz CT molecular complexity index is 1140. The molecular formula is C32H42N4O2S. The molecule has 1 aliphatic rings. The Kier molecular flexibility index (Phi) is 10.7. The van der Waals surface area contributed by atoms with E-state index in [1.165, 1.54) is 9.75 Å². The summed E-state index contributed by atoms with van der Waals surface area (Å²) in [6, 6.07) is 24.7. The van der Waals surface area contributed by atoms with E-state index in [4.69, 9.17) is 5.73 Å². The van der Waals surface area contributed by atoms with Crippen LogP contribution in [0.1, 0.15) is 47.1 Å². The first-order valence-electron chi connectivity index (χ1n) is 14.2. The van der Waals surface area contributed by atoms with Gasteiger partial charge in [0.15, 0.2) is 0 Å².